The van der Waals surface area contributed by atoms with E-state index in [-0.39, 0.29) is 0 Å². The quantitative estimate of drug-likeness (QED) is 0.436. The van der Waals surface area contributed by atoms with Gasteiger partial charge in [0.15, 0.2) is 0 Å². The summed E-state index contributed by atoms with van der Waals surface area (Å²) in [5, 5.41) is 26.0. The van der Waals surface area contributed by atoms with Crippen LogP contribution >= 0.6 is 0 Å². The number of pyridine rings is 1. The molecule has 0 saturated carbocycles. The monoisotopic (exact) mass is 614 g/mol. The van der Waals surface area contributed by atoms with Crippen molar-refractivity contribution in [1.82, 2.24) is 19.7 Å². The summed E-state index contributed by atoms with van der Waals surface area (Å²) in [5.74, 6) is -7.92. The van der Waals surface area contributed by atoms with Crippen LogP contribution in [0.15, 0.2) is 30.7 Å². The highest BCUT2D eigenvalue weighted by molar-refractivity contribution is 5.73. The number of methoxy groups -OCH3 is 1. The molecule has 1 aliphatic heterocycles. The van der Waals surface area contributed by atoms with Crippen LogP contribution in [0.2, 0.25) is 0 Å². The van der Waals surface area contributed by atoms with Crippen molar-refractivity contribution >= 4 is 17.9 Å². The van der Waals surface area contributed by atoms with E-state index in [1.807, 2.05) is 30.2 Å². The largest absolute Gasteiger partial charge is 0.490 e. The lowest BCUT2D eigenvalue weighted by atomic mass is 9.97. The molecule has 3 N–H and O–H groups in total. The molecule has 11 nitrogen and oxygen atoms in total. The minimum absolute atomic E-state index is 0.349. The van der Waals surface area contributed by atoms with E-state index < -0.39 is 36.4 Å². The van der Waals surface area contributed by atoms with Gasteiger partial charge in [-0.2, -0.15) is 44.6 Å². The number of carbonyl (C=O) groups is 3. The Kier molecular flexibility index (Phi) is 14.2. The van der Waals surface area contributed by atoms with Crippen molar-refractivity contribution in [3.05, 3.63) is 47.5 Å². The van der Waals surface area contributed by atoms with Gasteiger partial charge in [-0.15, -0.1) is 0 Å². The van der Waals surface area contributed by atoms with Gasteiger partial charge in [0.05, 0.1) is 12.3 Å². The number of carboxylic acid groups (broad SMARTS) is 3. The van der Waals surface area contributed by atoms with Crippen molar-refractivity contribution in [2.45, 2.75) is 37.5 Å². The zero-order valence-corrected chi connectivity index (χ0v) is 21.0. The fourth-order valence-electron chi connectivity index (χ4n) is 2.93. The van der Waals surface area contributed by atoms with Crippen LogP contribution in [-0.2, 0) is 39.3 Å². The predicted molar refractivity (Wildman–Crippen MR) is 117 cm³/mol. The number of nitrogens with zero attached hydrogens (tertiary/aromatic N) is 4. The number of ether oxygens (including phenoxy) is 1. The van der Waals surface area contributed by atoms with E-state index in [1.54, 1.807) is 7.11 Å². The van der Waals surface area contributed by atoms with E-state index in [9.17, 15) is 39.5 Å². The van der Waals surface area contributed by atoms with Gasteiger partial charge in [-0.05, 0) is 11.6 Å². The van der Waals surface area contributed by atoms with E-state index in [1.165, 1.54) is 16.8 Å². The Morgan fingerprint density at radius 1 is 0.951 bits per heavy atom. The second kappa shape index (κ2) is 15.7. The highest BCUT2D eigenvalue weighted by Crippen LogP contribution is 2.28. The third-order valence-electron chi connectivity index (χ3n) is 4.42. The molecule has 20 heteroatoms. The zero-order valence-electron chi connectivity index (χ0n) is 21.0. The SMILES string of the molecule is COCC1CN(Cc2cccnc2)Cc2cn(C)nc21.O=C(O)C(F)(F)F.O=C(O)C(F)(F)F.O=C(O)C(F)(F)F. The van der Waals surface area contributed by atoms with E-state index in [2.05, 4.69) is 27.2 Å². The van der Waals surface area contributed by atoms with E-state index in [0.717, 1.165) is 19.6 Å². The second-order valence-corrected chi connectivity index (χ2v) is 7.81. The number of aliphatic carboxylic acids is 3. The molecule has 1 aliphatic rings. The van der Waals surface area contributed by atoms with Crippen LogP contribution in [0.1, 0.15) is 22.7 Å². The van der Waals surface area contributed by atoms with Crippen LogP contribution < -0.4 is 0 Å². The highest BCUT2D eigenvalue weighted by Gasteiger charge is 2.39. The maximum Gasteiger partial charge on any atom is 0.490 e. The molecule has 1 atom stereocenters. The Morgan fingerprint density at radius 3 is 1.78 bits per heavy atom. The number of alkyl halides is 9. The molecular formula is C21H23F9N4O7. The number of carboxylic acids is 3. The Balaban J connectivity index is 0.000000631. The van der Waals surface area contributed by atoms with Crippen LogP contribution in [0.5, 0.6) is 0 Å². The molecule has 0 aromatic carbocycles. The van der Waals surface area contributed by atoms with Crippen LogP contribution in [0, 0.1) is 0 Å². The Hall–Kier alpha value is -3.94. The highest BCUT2D eigenvalue weighted by atomic mass is 19.4. The molecular weight excluding hydrogens is 591 g/mol. The number of hydrogen-bond acceptors (Lipinski definition) is 7. The Labute approximate surface area is 224 Å². The average Bonchev–Trinajstić information content (AvgIpc) is 3.19. The summed E-state index contributed by atoms with van der Waals surface area (Å²) in [6.07, 6.45) is -9.38. The van der Waals surface area contributed by atoms with Crippen molar-refractivity contribution in [3.63, 3.8) is 0 Å². The smallest absolute Gasteiger partial charge is 0.475 e. The van der Waals surface area contributed by atoms with Gasteiger partial charge >= 0.3 is 36.4 Å². The molecule has 0 fully saturated rings. The molecule has 0 spiro atoms. The van der Waals surface area contributed by atoms with Crippen molar-refractivity contribution in [1.29, 1.82) is 0 Å². The summed E-state index contributed by atoms with van der Waals surface area (Å²) < 4.78 is 102. The molecule has 2 aromatic rings. The number of aryl methyl sites for hydroxylation is 1. The first-order chi connectivity index (χ1) is 18.6. The topological polar surface area (TPSA) is 155 Å². The molecule has 41 heavy (non-hydrogen) atoms. The summed E-state index contributed by atoms with van der Waals surface area (Å²) in [7, 11) is 3.73. The number of aromatic nitrogens is 3. The summed E-state index contributed by atoms with van der Waals surface area (Å²) in [4.78, 5) is 33.3. The Bertz CT molecular complexity index is 1060. The van der Waals surface area contributed by atoms with Gasteiger partial charge in [-0.25, -0.2) is 14.4 Å². The van der Waals surface area contributed by atoms with Crippen molar-refractivity contribution in [2.75, 3.05) is 20.3 Å². The lowest BCUT2D eigenvalue weighted by Gasteiger charge is -2.31. The van der Waals surface area contributed by atoms with Gasteiger partial charge in [0, 0.05) is 63.9 Å². The molecule has 3 heterocycles. The first kappa shape index (κ1) is 37.1. The van der Waals surface area contributed by atoms with Crippen LogP contribution in [0.25, 0.3) is 0 Å². The van der Waals surface area contributed by atoms with Gasteiger partial charge in [0.25, 0.3) is 0 Å². The number of hydrogen-bond donors (Lipinski definition) is 3. The minimum atomic E-state index is -5.08. The van der Waals surface area contributed by atoms with Gasteiger partial charge < -0.3 is 20.1 Å². The van der Waals surface area contributed by atoms with Crippen molar-refractivity contribution < 1.29 is 74.0 Å². The van der Waals surface area contributed by atoms with Gasteiger partial charge in [-0.1, -0.05) is 6.07 Å². The standard InChI is InChI=1S/C15H20N4O.3C2HF3O2/c1-18-8-13-9-19(7-12-4-3-5-16-6-12)10-14(11-20-2)15(13)17-18;3*3-2(4,5)1(6)7/h3-6,8,14H,7,9-11H2,1-2H3;3*(H,6,7). The molecule has 0 aliphatic carbocycles. The van der Waals surface area contributed by atoms with Gasteiger partial charge in [0.2, 0.25) is 0 Å². The lowest BCUT2D eigenvalue weighted by Crippen LogP contribution is -2.34. The van der Waals surface area contributed by atoms with Crippen LogP contribution in [0.4, 0.5) is 39.5 Å². The fourth-order valence-corrected chi connectivity index (χ4v) is 2.93. The summed E-state index contributed by atoms with van der Waals surface area (Å²) in [6, 6.07) is 4.11. The molecule has 0 saturated heterocycles. The molecule has 0 radical (unpaired) electrons. The first-order valence-corrected chi connectivity index (χ1v) is 10.6. The van der Waals surface area contributed by atoms with Crippen molar-refractivity contribution in [2.24, 2.45) is 7.05 Å². The maximum atomic E-state index is 10.6. The summed E-state index contributed by atoms with van der Waals surface area (Å²) >= 11 is 0. The summed E-state index contributed by atoms with van der Waals surface area (Å²) in [5.41, 5.74) is 3.75. The molecule has 0 bridgehead atoms. The van der Waals surface area contributed by atoms with E-state index >= 15 is 0 Å². The van der Waals surface area contributed by atoms with Gasteiger partial charge in [0.1, 0.15) is 0 Å². The van der Waals surface area contributed by atoms with Crippen molar-refractivity contribution in [3.8, 4) is 0 Å². The van der Waals surface area contributed by atoms with Crippen LogP contribution in [0.3, 0.4) is 0 Å². The predicted octanol–water partition coefficient (Wildman–Crippen LogP) is 3.46. The molecule has 3 rings (SSSR count). The van der Waals surface area contributed by atoms with Gasteiger partial charge in [-0.3, -0.25) is 14.6 Å². The van der Waals surface area contributed by atoms with E-state index in [0.29, 0.717) is 12.5 Å². The lowest BCUT2D eigenvalue weighted by molar-refractivity contribution is -0.193. The fraction of sp³-hybridized carbons (Fsp3) is 0.476. The zero-order chi connectivity index (χ0) is 32.2. The number of rotatable bonds is 4. The number of fused-ring (bicyclic) bond motifs is 1. The third kappa shape index (κ3) is 14.9. The molecule has 2 aromatic heterocycles. The van der Waals surface area contributed by atoms with E-state index in [4.69, 9.17) is 34.4 Å². The summed E-state index contributed by atoms with van der Waals surface area (Å²) in [6.45, 7) is 3.56. The maximum absolute atomic E-state index is 10.6. The molecule has 1 unspecified atom stereocenters. The molecule has 232 valence electrons. The second-order valence-electron chi connectivity index (χ2n) is 7.81. The third-order valence-corrected chi connectivity index (χ3v) is 4.42. The Morgan fingerprint density at radius 2 is 1.41 bits per heavy atom. The molecule has 0 amide bonds. The number of halogens is 9. The minimum Gasteiger partial charge on any atom is -0.475 e. The van der Waals surface area contributed by atoms with Crippen LogP contribution in [-0.4, -0.2) is 91.7 Å². The average molecular weight is 614 g/mol. The first-order valence-electron chi connectivity index (χ1n) is 10.6. The normalized spacial score (nSPS) is 15.0.